The Morgan fingerprint density at radius 1 is 1.38 bits per heavy atom. The van der Waals surface area contributed by atoms with Crippen molar-refractivity contribution in [2.45, 2.75) is 18.6 Å². The molecule has 0 atom stereocenters. The van der Waals surface area contributed by atoms with Crippen LogP contribution in [0.5, 0.6) is 0 Å². The van der Waals surface area contributed by atoms with E-state index in [0.717, 1.165) is 10.0 Å². The summed E-state index contributed by atoms with van der Waals surface area (Å²) >= 11 is 7.85. The van der Waals surface area contributed by atoms with Crippen LogP contribution in [-0.2, 0) is 9.84 Å². The first-order valence-corrected chi connectivity index (χ1v) is 8.56. The zero-order chi connectivity index (χ0) is 12.7. The molecule has 0 bridgehead atoms. The van der Waals surface area contributed by atoms with Crippen LogP contribution in [0, 0.1) is 0 Å². The predicted molar refractivity (Wildman–Crippen MR) is 73.0 cm³/mol. The lowest BCUT2D eigenvalue weighted by Gasteiger charge is -2.20. The van der Waals surface area contributed by atoms with E-state index in [1.807, 2.05) is 0 Å². The van der Waals surface area contributed by atoms with E-state index in [4.69, 9.17) is 0 Å². The van der Waals surface area contributed by atoms with E-state index in [1.165, 1.54) is 25.2 Å². The van der Waals surface area contributed by atoms with E-state index in [-0.39, 0.29) is 0 Å². The molecule has 0 N–H and O–H groups in total. The Labute approximate surface area is 115 Å². The molecule has 0 radical (unpaired) electrons. The van der Waals surface area contributed by atoms with Gasteiger partial charge in [0.2, 0.25) is 0 Å². The molecule has 0 fully saturated rings. The van der Waals surface area contributed by atoms with Gasteiger partial charge in [-0.15, -0.1) is 11.3 Å². The van der Waals surface area contributed by atoms with Crippen molar-refractivity contribution in [3.8, 4) is 0 Å². The average molecular weight is 390 g/mol. The Morgan fingerprint density at radius 3 is 2.19 bits per heavy atom. The summed E-state index contributed by atoms with van der Waals surface area (Å²) in [7, 11) is -3.44. The Morgan fingerprint density at radius 2 is 1.88 bits per heavy atom. The summed E-state index contributed by atoms with van der Waals surface area (Å²) < 4.78 is 23.1. The molecule has 0 amide bonds. The number of ketones is 1. The van der Waals surface area contributed by atoms with Crippen LogP contribution in [0.4, 0.5) is 0 Å². The molecule has 1 heterocycles. The summed E-state index contributed by atoms with van der Waals surface area (Å²) in [5.74, 6) is -0.399. The smallest absolute Gasteiger partial charge is 0.185 e. The number of rotatable bonds is 3. The number of hydrogen-bond acceptors (Lipinski definition) is 4. The maximum atomic E-state index is 12.1. The lowest BCUT2D eigenvalue weighted by atomic mass is 10.0. The normalized spacial score (nSPS) is 12.8. The molecule has 1 aromatic heterocycles. The highest BCUT2D eigenvalue weighted by atomic mass is 79.9. The third-order valence-electron chi connectivity index (χ3n) is 2.38. The quantitative estimate of drug-likeness (QED) is 0.745. The molecule has 0 aliphatic rings. The van der Waals surface area contributed by atoms with Gasteiger partial charge in [-0.3, -0.25) is 4.79 Å². The monoisotopic (exact) mass is 388 g/mol. The summed E-state index contributed by atoms with van der Waals surface area (Å²) in [5, 5.41) is 0. The highest BCUT2D eigenvalue weighted by molar-refractivity contribution is 9.12. The molecule has 7 heteroatoms. The minimum absolute atomic E-state index is 0.396. The van der Waals surface area contributed by atoms with Crippen molar-refractivity contribution < 1.29 is 13.2 Å². The predicted octanol–water partition coefficient (Wildman–Crippen LogP) is 3.28. The fourth-order valence-electron chi connectivity index (χ4n) is 0.988. The molecule has 0 aromatic carbocycles. The van der Waals surface area contributed by atoms with Gasteiger partial charge in [0.25, 0.3) is 0 Å². The molecule has 0 saturated carbocycles. The van der Waals surface area contributed by atoms with Crippen molar-refractivity contribution in [3.63, 3.8) is 0 Å². The van der Waals surface area contributed by atoms with E-state index >= 15 is 0 Å². The third kappa shape index (κ3) is 2.57. The van der Waals surface area contributed by atoms with Crippen molar-refractivity contribution in [2.75, 3.05) is 6.26 Å². The molecule has 1 aromatic rings. The molecule has 1 rings (SSSR count). The number of sulfone groups is 1. The lowest BCUT2D eigenvalue weighted by molar-refractivity contribution is 0.0954. The van der Waals surface area contributed by atoms with Crippen molar-refractivity contribution in [1.82, 2.24) is 0 Å². The Kier molecular flexibility index (Phi) is 4.04. The number of Topliss-reactive ketones (excluding diaryl/α,β-unsaturated/α-hetero) is 1. The van der Waals surface area contributed by atoms with Gasteiger partial charge in [0.1, 0.15) is 4.75 Å². The number of halogens is 2. The summed E-state index contributed by atoms with van der Waals surface area (Å²) in [4.78, 5) is 12.1. The van der Waals surface area contributed by atoms with Gasteiger partial charge >= 0.3 is 0 Å². The molecule has 3 nitrogen and oxygen atoms in total. The van der Waals surface area contributed by atoms with Crippen LogP contribution in [0.25, 0.3) is 0 Å². The van der Waals surface area contributed by atoms with Gasteiger partial charge < -0.3 is 0 Å². The van der Waals surface area contributed by atoms with Crippen LogP contribution in [0.15, 0.2) is 13.6 Å². The van der Waals surface area contributed by atoms with Crippen LogP contribution in [0.1, 0.15) is 24.2 Å². The zero-order valence-corrected chi connectivity index (χ0v) is 13.7. The number of thiophene rings is 1. The van der Waals surface area contributed by atoms with Gasteiger partial charge in [0, 0.05) is 11.8 Å². The maximum absolute atomic E-state index is 12.1. The van der Waals surface area contributed by atoms with Gasteiger partial charge in [-0.05, 0) is 51.8 Å². The standard InChI is InChI=1S/C9H10Br2O3S2/c1-9(2,16(3,13)14)7(12)5-4-6(10)15-8(5)11/h4H,1-3H3. The molecular formula is C9H10Br2O3S2. The number of hydrogen-bond donors (Lipinski definition) is 0. The van der Waals surface area contributed by atoms with Crippen molar-refractivity contribution in [3.05, 3.63) is 19.2 Å². The second-order valence-electron chi connectivity index (χ2n) is 3.85. The fourth-order valence-corrected chi connectivity index (χ4v) is 4.23. The fraction of sp³-hybridized carbons (Fsp3) is 0.444. The van der Waals surface area contributed by atoms with Gasteiger partial charge in [-0.1, -0.05) is 0 Å². The largest absolute Gasteiger partial charge is 0.292 e. The summed E-state index contributed by atoms with van der Waals surface area (Å²) in [6.07, 6.45) is 1.07. The van der Waals surface area contributed by atoms with E-state index in [0.29, 0.717) is 9.35 Å². The van der Waals surface area contributed by atoms with Gasteiger partial charge in [0.15, 0.2) is 15.6 Å². The molecule has 0 aliphatic carbocycles. The Hall–Kier alpha value is 0.280. The molecule has 0 saturated heterocycles. The second kappa shape index (κ2) is 4.51. The van der Waals surface area contributed by atoms with Crippen LogP contribution in [0.3, 0.4) is 0 Å². The molecule has 0 aliphatic heterocycles. The van der Waals surface area contributed by atoms with Crippen molar-refractivity contribution >= 4 is 58.8 Å². The van der Waals surface area contributed by atoms with Crippen LogP contribution in [0.2, 0.25) is 0 Å². The van der Waals surface area contributed by atoms with Crippen LogP contribution < -0.4 is 0 Å². The summed E-state index contributed by atoms with van der Waals surface area (Å²) in [6.45, 7) is 2.84. The van der Waals surface area contributed by atoms with Crippen LogP contribution in [-0.4, -0.2) is 25.2 Å². The average Bonchev–Trinajstić information content (AvgIpc) is 2.41. The van der Waals surface area contributed by atoms with Gasteiger partial charge in [-0.2, -0.15) is 0 Å². The lowest BCUT2D eigenvalue weighted by Crippen LogP contribution is -2.39. The summed E-state index contributed by atoms with van der Waals surface area (Å²) in [6, 6.07) is 1.63. The first-order valence-electron chi connectivity index (χ1n) is 4.26. The first kappa shape index (κ1) is 14.3. The Bertz CT molecular complexity index is 529. The molecule has 0 unspecified atom stereocenters. The van der Waals surface area contributed by atoms with Crippen molar-refractivity contribution in [1.29, 1.82) is 0 Å². The number of carbonyl (C=O) groups is 1. The molecular weight excluding hydrogens is 380 g/mol. The molecule has 90 valence electrons. The maximum Gasteiger partial charge on any atom is 0.185 e. The van der Waals surface area contributed by atoms with Gasteiger partial charge in [-0.25, -0.2) is 8.42 Å². The van der Waals surface area contributed by atoms with Crippen molar-refractivity contribution in [2.24, 2.45) is 0 Å². The SMILES string of the molecule is CC(C)(C(=O)c1cc(Br)sc1Br)S(C)(=O)=O. The summed E-state index contributed by atoms with van der Waals surface area (Å²) in [5.41, 5.74) is 0.396. The van der Waals surface area contributed by atoms with E-state index < -0.39 is 20.4 Å². The molecule has 0 spiro atoms. The topological polar surface area (TPSA) is 51.2 Å². The highest BCUT2D eigenvalue weighted by Gasteiger charge is 2.40. The zero-order valence-electron chi connectivity index (χ0n) is 8.87. The second-order valence-corrected chi connectivity index (χ2v) is 10.2. The van der Waals surface area contributed by atoms with E-state index in [2.05, 4.69) is 31.9 Å². The number of carbonyl (C=O) groups excluding carboxylic acids is 1. The first-order chi connectivity index (χ1) is 7.07. The Balaban J connectivity index is 3.28. The molecule has 16 heavy (non-hydrogen) atoms. The minimum Gasteiger partial charge on any atom is -0.292 e. The highest BCUT2D eigenvalue weighted by Crippen LogP contribution is 2.35. The van der Waals surface area contributed by atoms with E-state index in [1.54, 1.807) is 6.07 Å². The van der Waals surface area contributed by atoms with Crippen LogP contribution >= 0.6 is 43.2 Å². The van der Waals surface area contributed by atoms with Gasteiger partial charge in [0.05, 0.1) is 7.57 Å². The van der Waals surface area contributed by atoms with E-state index in [9.17, 15) is 13.2 Å². The third-order valence-corrected chi connectivity index (χ3v) is 6.75. The minimum atomic E-state index is -3.44.